The molecular formula is C24H33N9O4. The molecule has 4 amide bonds. The Morgan fingerprint density at radius 1 is 0.811 bits per heavy atom. The average Bonchev–Trinajstić information content (AvgIpc) is 3.46. The molecular weight excluding hydrogens is 478 g/mol. The van der Waals surface area contributed by atoms with Gasteiger partial charge in [0.05, 0.1) is 11.4 Å². The van der Waals surface area contributed by atoms with E-state index in [9.17, 15) is 19.2 Å². The lowest BCUT2D eigenvalue weighted by atomic mass is 10.3. The van der Waals surface area contributed by atoms with Gasteiger partial charge in [0.2, 0.25) is 11.7 Å². The number of anilines is 3. The summed E-state index contributed by atoms with van der Waals surface area (Å²) in [6.45, 7) is 2.77. The van der Waals surface area contributed by atoms with Crippen LogP contribution in [0.25, 0.3) is 0 Å². The van der Waals surface area contributed by atoms with Crippen LogP contribution in [0.1, 0.15) is 44.9 Å². The van der Waals surface area contributed by atoms with Crippen molar-refractivity contribution in [3.63, 3.8) is 0 Å². The highest BCUT2D eigenvalue weighted by molar-refractivity contribution is 6.07. The number of nitrogens with one attached hydrogen (secondary N) is 4. The molecule has 13 heteroatoms. The van der Waals surface area contributed by atoms with E-state index in [-0.39, 0.29) is 23.5 Å². The van der Waals surface area contributed by atoms with Crippen molar-refractivity contribution in [3.8, 4) is 0 Å². The van der Waals surface area contributed by atoms with Gasteiger partial charge in [0.15, 0.2) is 5.82 Å². The Morgan fingerprint density at radius 3 is 1.95 bits per heavy atom. The normalized spacial score (nSPS) is 10.9. The second kappa shape index (κ2) is 11.6. The fraction of sp³-hybridized carbons (Fsp3) is 0.375. The molecule has 37 heavy (non-hydrogen) atoms. The predicted octanol–water partition coefficient (Wildman–Crippen LogP) is 1.24. The Kier molecular flexibility index (Phi) is 8.50. The number of hydrogen-bond acceptors (Lipinski definition) is 6. The zero-order valence-corrected chi connectivity index (χ0v) is 21.9. The van der Waals surface area contributed by atoms with Crippen LogP contribution < -0.4 is 21.3 Å². The largest absolute Gasteiger partial charge is 0.351 e. The molecule has 0 aliphatic heterocycles. The van der Waals surface area contributed by atoms with Crippen LogP contribution in [0.5, 0.6) is 0 Å². The summed E-state index contributed by atoms with van der Waals surface area (Å²) in [7, 11) is 8.99. The number of nitrogens with zero attached hydrogens (tertiary/aromatic N) is 5. The fourth-order valence-electron chi connectivity index (χ4n) is 3.71. The van der Waals surface area contributed by atoms with Gasteiger partial charge in [-0.2, -0.15) is 0 Å². The number of imidazole rings is 1. The highest BCUT2D eigenvalue weighted by Crippen LogP contribution is 2.18. The Labute approximate surface area is 214 Å². The van der Waals surface area contributed by atoms with E-state index in [0.717, 1.165) is 13.0 Å². The zero-order chi connectivity index (χ0) is 27.3. The number of carbonyl (C=O) groups excluding carboxylic acids is 4. The first-order valence-corrected chi connectivity index (χ1v) is 11.6. The third-order valence-corrected chi connectivity index (χ3v) is 5.44. The molecule has 198 valence electrons. The van der Waals surface area contributed by atoms with Crippen LogP contribution in [0, 0.1) is 0 Å². The van der Waals surface area contributed by atoms with E-state index in [1.54, 1.807) is 48.7 Å². The molecule has 3 aromatic rings. The van der Waals surface area contributed by atoms with Crippen molar-refractivity contribution in [2.75, 3.05) is 43.1 Å². The number of aromatic nitrogens is 4. The van der Waals surface area contributed by atoms with Crippen LogP contribution in [0.4, 0.5) is 17.2 Å². The maximum absolute atomic E-state index is 12.9. The first kappa shape index (κ1) is 27.2. The maximum Gasteiger partial charge on any atom is 0.291 e. The molecule has 0 spiro atoms. The van der Waals surface area contributed by atoms with E-state index in [4.69, 9.17) is 0 Å². The number of aryl methyl sites for hydroxylation is 3. The highest BCUT2D eigenvalue weighted by atomic mass is 16.2. The Morgan fingerprint density at radius 2 is 1.38 bits per heavy atom. The lowest BCUT2D eigenvalue weighted by molar-refractivity contribution is -0.114. The molecule has 4 N–H and O–H groups in total. The maximum atomic E-state index is 12.9. The molecule has 0 aliphatic rings. The van der Waals surface area contributed by atoms with Gasteiger partial charge in [-0.05, 0) is 39.2 Å². The van der Waals surface area contributed by atoms with Gasteiger partial charge >= 0.3 is 0 Å². The summed E-state index contributed by atoms with van der Waals surface area (Å²) < 4.78 is 4.71. The topological polar surface area (TPSA) is 147 Å². The van der Waals surface area contributed by atoms with Crippen molar-refractivity contribution >= 4 is 40.8 Å². The molecule has 0 aliphatic carbocycles. The minimum Gasteiger partial charge on any atom is -0.351 e. The third-order valence-electron chi connectivity index (χ3n) is 5.44. The van der Waals surface area contributed by atoms with Gasteiger partial charge in [-0.1, -0.05) is 0 Å². The lowest BCUT2D eigenvalue weighted by Gasteiger charge is -2.10. The Balaban J connectivity index is 1.63. The van der Waals surface area contributed by atoms with Gasteiger partial charge in [-0.3, -0.25) is 19.2 Å². The highest BCUT2D eigenvalue weighted by Gasteiger charge is 2.19. The first-order valence-electron chi connectivity index (χ1n) is 11.6. The van der Waals surface area contributed by atoms with Crippen LogP contribution in [0.3, 0.4) is 0 Å². The summed E-state index contributed by atoms with van der Waals surface area (Å²) in [5.41, 5.74) is 1.59. The third kappa shape index (κ3) is 7.07. The van der Waals surface area contributed by atoms with E-state index in [2.05, 4.69) is 26.3 Å². The molecule has 13 nitrogen and oxygen atoms in total. The summed E-state index contributed by atoms with van der Waals surface area (Å²) in [6.07, 6.45) is 5.61. The number of rotatable bonds is 10. The molecule has 3 aromatic heterocycles. The van der Waals surface area contributed by atoms with Crippen LogP contribution in [-0.2, 0) is 25.9 Å². The molecule has 0 fully saturated rings. The van der Waals surface area contributed by atoms with Crippen molar-refractivity contribution < 1.29 is 19.2 Å². The van der Waals surface area contributed by atoms with Crippen LogP contribution in [0.2, 0.25) is 0 Å². The van der Waals surface area contributed by atoms with Gasteiger partial charge in [-0.15, -0.1) is 0 Å². The van der Waals surface area contributed by atoms with Crippen molar-refractivity contribution in [2.24, 2.45) is 21.1 Å². The molecule has 0 saturated carbocycles. The Hall–Kier alpha value is -4.39. The number of hydrogen-bond donors (Lipinski definition) is 4. The van der Waals surface area contributed by atoms with Gasteiger partial charge in [0.25, 0.3) is 17.7 Å². The summed E-state index contributed by atoms with van der Waals surface area (Å²) in [5, 5.41) is 10.9. The smallest absolute Gasteiger partial charge is 0.291 e. The monoisotopic (exact) mass is 511 g/mol. The van der Waals surface area contributed by atoms with Crippen LogP contribution >= 0.6 is 0 Å². The standard InChI is InChI=1S/C24H33N9O4/c1-15(34)26-20-14-33(6)21(29-20)24(37)28-17-11-19(32(5)13-17)23(36)27-16-10-18(31(4)12-16)22(35)25-8-7-9-30(2)3/h10-14H,7-9H2,1-6H3,(H,25,35)(H,26,34)(H,27,36)(H,28,37). The van der Waals surface area contributed by atoms with Gasteiger partial charge in [0, 0.05) is 53.2 Å². The van der Waals surface area contributed by atoms with E-state index in [1.165, 1.54) is 23.8 Å². The second-order valence-electron chi connectivity index (χ2n) is 9.01. The minimum atomic E-state index is -0.499. The number of carbonyl (C=O) groups is 4. The summed E-state index contributed by atoms with van der Waals surface area (Å²) >= 11 is 0. The first-order chi connectivity index (χ1) is 17.4. The minimum absolute atomic E-state index is 0.0930. The zero-order valence-electron chi connectivity index (χ0n) is 21.9. The van der Waals surface area contributed by atoms with Crippen LogP contribution in [-0.4, -0.2) is 74.4 Å². The van der Waals surface area contributed by atoms with Gasteiger partial charge in [-0.25, -0.2) is 4.98 Å². The summed E-state index contributed by atoms with van der Waals surface area (Å²) in [4.78, 5) is 55.5. The quantitative estimate of drug-likeness (QED) is 0.301. The molecule has 0 atom stereocenters. The van der Waals surface area contributed by atoms with Crippen molar-refractivity contribution in [1.29, 1.82) is 0 Å². The average molecular weight is 512 g/mol. The van der Waals surface area contributed by atoms with E-state index in [0.29, 0.717) is 29.3 Å². The summed E-state index contributed by atoms with van der Waals surface area (Å²) in [5.74, 6) is -1.07. The predicted molar refractivity (Wildman–Crippen MR) is 140 cm³/mol. The molecule has 0 unspecified atom stereocenters. The lowest BCUT2D eigenvalue weighted by Crippen LogP contribution is -2.28. The SMILES string of the molecule is CC(=O)Nc1cn(C)c(C(=O)Nc2cc(C(=O)Nc3cc(C(=O)NCCCN(C)C)n(C)c3)n(C)c2)n1. The van der Waals surface area contributed by atoms with Crippen molar-refractivity contribution in [2.45, 2.75) is 13.3 Å². The second-order valence-corrected chi connectivity index (χ2v) is 9.01. The molecule has 3 heterocycles. The molecule has 3 rings (SSSR count). The van der Waals surface area contributed by atoms with Crippen molar-refractivity contribution in [1.82, 2.24) is 28.9 Å². The van der Waals surface area contributed by atoms with Crippen molar-refractivity contribution in [3.05, 3.63) is 47.9 Å². The molecule has 0 radical (unpaired) electrons. The van der Waals surface area contributed by atoms with Gasteiger partial charge in [0.1, 0.15) is 11.4 Å². The van der Waals surface area contributed by atoms with E-state index in [1.807, 2.05) is 19.0 Å². The molecule has 0 bridgehead atoms. The number of amides is 4. The van der Waals surface area contributed by atoms with Gasteiger partial charge < -0.3 is 39.9 Å². The molecule has 0 aromatic carbocycles. The van der Waals surface area contributed by atoms with E-state index >= 15 is 0 Å². The molecule has 0 saturated heterocycles. The van der Waals surface area contributed by atoms with E-state index < -0.39 is 11.8 Å². The fourth-order valence-corrected chi connectivity index (χ4v) is 3.71. The van der Waals surface area contributed by atoms with Crippen LogP contribution in [0.15, 0.2) is 30.7 Å². The summed E-state index contributed by atoms with van der Waals surface area (Å²) in [6, 6.07) is 3.14. The Bertz CT molecular complexity index is 1320.